The predicted octanol–water partition coefficient (Wildman–Crippen LogP) is 3.36. The van der Waals surface area contributed by atoms with Crippen LogP contribution in [0.3, 0.4) is 0 Å². The van der Waals surface area contributed by atoms with Gasteiger partial charge >= 0.3 is 0 Å². The summed E-state index contributed by atoms with van der Waals surface area (Å²) in [6.07, 6.45) is 2.96. The molecule has 0 radical (unpaired) electrons. The number of hydrogen-bond acceptors (Lipinski definition) is 2. The molecule has 2 aromatic carbocycles. The molecule has 3 rings (SSSR count). The smallest absolute Gasteiger partial charge is 0.238 e. The van der Waals surface area contributed by atoms with E-state index in [2.05, 4.69) is 53.5 Å². The minimum absolute atomic E-state index is 0.0887. The number of rotatable bonds is 6. The lowest BCUT2D eigenvalue weighted by Gasteiger charge is -2.27. The highest BCUT2D eigenvalue weighted by atomic mass is 16.2. The normalized spacial score (nSPS) is 21.3. The van der Waals surface area contributed by atoms with Gasteiger partial charge < -0.3 is 5.32 Å². The average molecular weight is 308 g/mol. The van der Waals surface area contributed by atoms with Crippen LogP contribution in [-0.4, -0.2) is 23.0 Å². The van der Waals surface area contributed by atoms with E-state index in [1.165, 1.54) is 11.1 Å². The number of carbonyl (C=O) groups is 1. The van der Waals surface area contributed by atoms with Crippen molar-refractivity contribution in [3.8, 4) is 0 Å². The van der Waals surface area contributed by atoms with E-state index >= 15 is 0 Å². The SMILES string of the molecule is CCCC1NC(=O)[C@H](Cc2ccccc2)N1Cc1ccccc1. The lowest BCUT2D eigenvalue weighted by atomic mass is 10.0. The van der Waals surface area contributed by atoms with Crippen molar-refractivity contribution in [2.75, 3.05) is 0 Å². The Balaban J connectivity index is 1.80. The van der Waals surface area contributed by atoms with E-state index in [0.29, 0.717) is 0 Å². The van der Waals surface area contributed by atoms with Crippen LogP contribution >= 0.6 is 0 Å². The van der Waals surface area contributed by atoms with Gasteiger partial charge in [0.25, 0.3) is 0 Å². The molecule has 1 saturated heterocycles. The van der Waals surface area contributed by atoms with E-state index in [1.807, 2.05) is 24.3 Å². The van der Waals surface area contributed by atoms with E-state index < -0.39 is 0 Å². The van der Waals surface area contributed by atoms with Crippen LogP contribution in [0.1, 0.15) is 30.9 Å². The van der Waals surface area contributed by atoms with Gasteiger partial charge in [0, 0.05) is 6.54 Å². The number of nitrogens with zero attached hydrogens (tertiary/aromatic N) is 1. The first kappa shape index (κ1) is 15.8. The molecule has 2 aromatic rings. The Morgan fingerprint density at radius 1 is 0.957 bits per heavy atom. The second-order valence-corrected chi connectivity index (χ2v) is 6.18. The summed E-state index contributed by atoms with van der Waals surface area (Å²) in [6, 6.07) is 20.6. The number of benzene rings is 2. The molecule has 1 heterocycles. The number of hydrogen-bond donors (Lipinski definition) is 1. The van der Waals surface area contributed by atoms with Crippen LogP contribution < -0.4 is 5.32 Å². The quantitative estimate of drug-likeness (QED) is 0.887. The molecule has 1 aliphatic heterocycles. The van der Waals surface area contributed by atoms with E-state index in [1.54, 1.807) is 0 Å². The molecule has 23 heavy (non-hydrogen) atoms. The first-order valence-electron chi connectivity index (χ1n) is 8.42. The zero-order valence-electron chi connectivity index (χ0n) is 13.6. The third-order valence-corrected chi connectivity index (χ3v) is 4.45. The molecule has 1 amide bonds. The Hall–Kier alpha value is -2.13. The zero-order valence-corrected chi connectivity index (χ0v) is 13.6. The Bertz CT molecular complexity index is 627. The van der Waals surface area contributed by atoms with Gasteiger partial charge in [0.05, 0.1) is 12.2 Å². The highest BCUT2D eigenvalue weighted by Gasteiger charge is 2.38. The van der Waals surface area contributed by atoms with Crippen LogP contribution in [0.15, 0.2) is 60.7 Å². The van der Waals surface area contributed by atoms with Crippen molar-refractivity contribution in [3.63, 3.8) is 0 Å². The fourth-order valence-electron chi connectivity index (χ4n) is 3.28. The highest BCUT2D eigenvalue weighted by Crippen LogP contribution is 2.23. The van der Waals surface area contributed by atoms with E-state index in [0.717, 1.165) is 25.8 Å². The van der Waals surface area contributed by atoms with Crippen molar-refractivity contribution in [2.24, 2.45) is 0 Å². The van der Waals surface area contributed by atoms with Crippen molar-refractivity contribution >= 4 is 5.91 Å². The minimum Gasteiger partial charge on any atom is -0.339 e. The molecule has 1 N–H and O–H groups in total. The summed E-state index contributed by atoms with van der Waals surface area (Å²) in [5, 5.41) is 3.18. The van der Waals surface area contributed by atoms with E-state index in [-0.39, 0.29) is 18.1 Å². The van der Waals surface area contributed by atoms with E-state index in [4.69, 9.17) is 0 Å². The molecule has 0 aliphatic carbocycles. The third kappa shape index (κ3) is 3.80. The molecule has 2 atom stereocenters. The Morgan fingerprint density at radius 2 is 1.57 bits per heavy atom. The van der Waals surface area contributed by atoms with E-state index in [9.17, 15) is 4.79 Å². The maximum atomic E-state index is 12.5. The first-order valence-corrected chi connectivity index (χ1v) is 8.42. The van der Waals surface area contributed by atoms with Crippen LogP contribution in [0, 0.1) is 0 Å². The van der Waals surface area contributed by atoms with Gasteiger partial charge in [-0.05, 0) is 24.0 Å². The molecule has 0 spiro atoms. The summed E-state index contributed by atoms with van der Waals surface area (Å²) in [5.41, 5.74) is 2.46. The van der Waals surface area contributed by atoms with Crippen LogP contribution in [0.2, 0.25) is 0 Å². The summed E-state index contributed by atoms with van der Waals surface area (Å²) >= 11 is 0. The Labute approximate surface area is 138 Å². The monoisotopic (exact) mass is 308 g/mol. The molecular formula is C20H24N2O. The van der Waals surface area contributed by atoms with Crippen LogP contribution in [-0.2, 0) is 17.8 Å². The van der Waals surface area contributed by atoms with Crippen molar-refractivity contribution in [1.82, 2.24) is 10.2 Å². The van der Waals surface area contributed by atoms with Gasteiger partial charge in [-0.3, -0.25) is 9.69 Å². The third-order valence-electron chi connectivity index (χ3n) is 4.45. The van der Waals surface area contributed by atoms with Crippen LogP contribution in [0.5, 0.6) is 0 Å². The number of carbonyl (C=O) groups excluding carboxylic acids is 1. The van der Waals surface area contributed by atoms with Gasteiger partial charge in [0.2, 0.25) is 5.91 Å². The largest absolute Gasteiger partial charge is 0.339 e. The number of nitrogens with one attached hydrogen (secondary N) is 1. The number of amides is 1. The fourth-order valence-corrected chi connectivity index (χ4v) is 3.28. The molecule has 1 aliphatic rings. The van der Waals surface area contributed by atoms with Gasteiger partial charge in [0.15, 0.2) is 0 Å². The maximum Gasteiger partial charge on any atom is 0.238 e. The molecule has 0 aromatic heterocycles. The van der Waals surface area contributed by atoms with Gasteiger partial charge in [-0.2, -0.15) is 0 Å². The summed E-state index contributed by atoms with van der Waals surface area (Å²) in [7, 11) is 0. The van der Waals surface area contributed by atoms with Crippen molar-refractivity contribution in [3.05, 3.63) is 71.8 Å². The fraction of sp³-hybridized carbons (Fsp3) is 0.350. The van der Waals surface area contributed by atoms with Gasteiger partial charge in [0.1, 0.15) is 0 Å². The molecule has 1 unspecified atom stereocenters. The predicted molar refractivity (Wildman–Crippen MR) is 92.8 cm³/mol. The highest BCUT2D eigenvalue weighted by molar-refractivity contribution is 5.84. The molecule has 3 nitrogen and oxygen atoms in total. The molecular weight excluding hydrogens is 284 g/mol. The van der Waals surface area contributed by atoms with Crippen LogP contribution in [0.25, 0.3) is 0 Å². The van der Waals surface area contributed by atoms with Crippen LogP contribution in [0.4, 0.5) is 0 Å². The molecule has 3 heteroatoms. The summed E-state index contributed by atoms with van der Waals surface area (Å²) in [4.78, 5) is 14.8. The second kappa shape index (κ2) is 7.42. The maximum absolute atomic E-state index is 12.5. The topological polar surface area (TPSA) is 32.3 Å². The van der Waals surface area contributed by atoms with Crippen molar-refractivity contribution in [2.45, 2.75) is 44.9 Å². The Kier molecular flexibility index (Phi) is 5.09. The zero-order chi connectivity index (χ0) is 16.1. The summed E-state index contributed by atoms with van der Waals surface area (Å²) in [5.74, 6) is 0.156. The lowest BCUT2D eigenvalue weighted by Crippen LogP contribution is -2.39. The molecule has 120 valence electrons. The summed E-state index contributed by atoms with van der Waals surface area (Å²) in [6.45, 7) is 2.97. The second-order valence-electron chi connectivity index (χ2n) is 6.18. The van der Waals surface area contributed by atoms with Crippen molar-refractivity contribution < 1.29 is 4.79 Å². The molecule has 1 fully saturated rings. The Morgan fingerprint density at radius 3 is 2.17 bits per heavy atom. The van der Waals surface area contributed by atoms with Crippen molar-refractivity contribution in [1.29, 1.82) is 0 Å². The lowest BCUT2D eigenvalue weighted by molar-refractivity contribution is -0.121. The van der Waals surface area contributed by atoms with Gasteiger partial charge in [-0.15, -0.1) is 0 Å². The minimum atomic E-state index is -0.0887. The van der Waals surface area contributed by atoms with Gasteiger partial charge in [-0.1, -0.05) is 74.0 Å². The molecule has 0 bridgehead atoms. The first-order chi connectivity index (χ1) is 11.3. The standard InChI is InChI=1S/C20H24N2O/c1-2-9-19-21-20(23)18(14-16-10-5-3-6-11-16)22(19)15-17-12-7-4-8-13-17/h3-8,10-13,18-19H,2,9,14-15H2,1H3,(H,21,23)/t18-,19?/m0/s1. The average Bonchev–Trinajstić information content (AvgIpc) is 2.86. The van der Waals surface area contributed by atoms with Gasteiger partial charge in [-0.25, -0.2) is 0 Å². The molecule has 0 saturated carbocycles. The summed E-state index contributed by atoms with van der Waals surface area (Å²) < 4.78 is 0.